The fraction of sp³-hybridized carbons (Fsp3) is 0.667. The van der Waals surface area contributed by atoms with Gasteiger partial charge >= 0.3 is 0 Å². The van der Waals surface area contributed by atoms with Crippen molar-refractivity contribution in [1.29, 1.82) is 0 Å². The summed E-state index contributed by atoms with van der Waals surface area (Å²) in [5.74, 6) is 1.10. The first-order chi connectivity index (χ1) is 6.36. The normalized spacial score (nSPS) is 22.4. The van der Waals surface area contributed by atoms with E-state index in [9.17, 15) is 0 Å². The predicted octanol–water partition coefficient (Wildman–Crippen LogP) is -0.128. The van der Waals surface area contributed by atoms with E-state index in [1.54, 1.807) is 0 Å². The summed E-state index contributed by atoms with van der Waals surface area (Å²) in [7, 11) is 2.02. The molecule has 4 heteroatoms. The zero-order valence-corrected chi connectivity index (χ0v) is 7.95. The second-order valence-electron chi connectivity index (χ2n) is 3.52. The number of rotatable bonds is 3. The molecule has 13 heavy (non-hydrogen) atoms. The van der Waals surface area contributed by atoms with Gasteiger partial charge in [0.15, 0.2) is 0 Å². The fourth-order valence-electron chi connectivity index (χ4n) is 1.63. The van der Waals surface area contributed by atoms with Crippen LogP contribution in [0.4, 0.5) is 0 Å². The van der Waals surface area contributed by atoms with Gasteiger partial charge in [-0.1, -0.05) is 0 Å². The van der Waals surface area contributed by atoms with Crippen molar-refractivity contribution in [1.82, 2.24) is 20.2 Å². The minimum atomic E-state index is 0.622. The van der Waals surface area contributed by atoms with Crippen molar-refractivity contribution < 1.29 is 0 Å². The van der Waals surface area contributed by atoms with E-state index in [4.69, 9.17) is 0 Å². The summed E-state index contributed by atoms with van der Waals surface area (Å²) >= 11 is 0. The van der Waals surface area contributed by atoms with E-state index in [2.05, 4.69) is 20.2 Å². The molecular formula is C9H16N4. The summed E-state index contributed by atoms with van der Waals surface area (Å²) in [5.41, 5.74) is 0. The molecule has 0 aliphatic carbocycles. The summed E-state index contributed by atoms with van der Waals surface area (Å²) < 4.78 is 2.05. The molecule has 0 saturated carbocycles. The van der Waals surface area contributed by atoms with Gasteiger partial charge in [-0.25, -0.2) is 4.98 Å². The first-order valence-electron chi connectivity index (χ1n) is 4.76. The molecule has 1 saturated heterocycles. The molecule has 1 atom stereocenters. The van der Waals surface area contributed by atoms with Crippen molar-refractivity contribution in [2.24, 2.45) is 7.05 Å². The van der Waals surface area contributed by atoms with Crippen LogP contribution >= 0.6 is 0 Å². The molecule has 1 unspecified atom stereocenters. The Kier molecular flexibility index (Phi) is 2.61. The number of hydrogen-bond acceptors (Lipinski definition) is 3. The lowest BCUT2D eigenvalue weighted by molar-refractivity contribution is 0.527. The molecule has 1 aliphatic rings. The summed E-state index contributed by atoms with van der Waals surface area (Å²) in [6, 6.07) is 0.622. The van der Waals surface area contributed by atoms with Crippen molar-refractivity contribution in [2.75, 3.05) is 13.1 Å². The molecule has 1 aromatic rings. The molecule has 4 nitrogen and oxygen atoms in total. The molecule has 2 heterocycles. The van der Waals surface area contributed by atoms with E-state index in [0.717, 1.165) is 25.5 Å². The molecule has 1 aromatic heterocycles. The van der Waals surface area contributed by atoms with E-state index < -0.39 is 0 Å². The van der Waals surface area contributed by atoms with Crippen molar-refractivity contribution in [3.05, 3.63) is 18.2 Å². The van der Waals surface area contributed by atoms with Crippen LogP contribution < -0.4 is 10.6 Å². The number of imidazole rings is 1. The minimum absolute atomic E-state index is 0.622. The van der Waals surface area contributed by atoms with E-state index in [1.807, 2.05) is 19.4 Å². The van der Waals surface area contributed by atoms with Crippen LogP contribution in [0.5, 0.6) is 0 Å². The zero-order valence-electron chi connectivity index (χ0n) is 7.95. The van der Waals surface area contributed by atoms with Crippen molar-refractivity contribution in [3.63, 3.8) is 0 Å². The van der Waals surface area contributed by atoms with Crippen molar-refractivity contribution >= 4 is 0 Å². The number of aryl methyl sites for hydroxylation is 1. The highest BCUT2D eigenvalue weighted by atomic mass is 15.1. The van der Waals surface area contributed by atoms with Crippen molar-refractivity contribution in [3.8, 4) is 0 Å². The second-order valence-corrected chi connectivity index (χ2v) is 3.52. The molecule has 0 bridgehead atoms. The number of hydrogen-bond donors (Lipinski definition) is 2. The van der Waals surface area contributed by atoms with Gasteiger partial charge in [0.05, 0.1) is 6.54 Å². The molecule has 1 fully saturated rings. The fourth-order valence-corrected chi connectivity index (χ4v) is 1.63. The summed E-state index contributed by atoms with van der Waals surface area (Å²) in [5, 5.41) is 6.81. The molecule has 0 radical (unpaired) electrons. The maximum Gasteiger partial charge on any atom is 0.122 e. The van der Waals surface area contributed by atoms with Crippen LogP contribution in [0.25, 0.3) is 0 Å². The Morgan fingerprint density at radius 3 is 3.31 bits per heavy atom. The maximum atomic E-state index is 4.26. The quantitative estimate of drug-likeness (QED) is 0.681. The molecule has 72 valence electrons. The van der Waals surface area contributed by atoms with E-state index >= 15 is 0 Å². The third-order valence-electron chi connectivity index (χ3n) is 2.53. The zero-order chi connectivity index (χ0) is 9.10. The molecule has 1 aliphatic heterocycles. The Morgan fingerprint density at radius 2 is 2.69 bits per heavy atom. The minimum Gasteiger partial charge on any atom is -0.337 e. The average molecular weight is 180 g/mol. The highest BCUT2D eigenvalue weighted by Crippen LogP contribution is 1.99. The van der Waals surface area contributed by atoms with Gasteiger partial charge in [0.2, 0.25) is 0 Å². The van der Waals surface area contributed by atoms with Gasteiger partial charge in [-0.2, -0.15) is 0 Å². The highest BCUT2D eigenvalue weighted by Gasteiger charge is 2.13. The number of aromatic nitrogens is 2. The lowest BCUT2D eigenvalue weighted by Crippen LogP contribution is -2.31. The predicted molar refractivity (Wildman–Crippen MR) is 51.3 cm³/mol. The van der Waals surface area contributed by atoms with Crippen molar-refractivity contribution in [2.45, 2.75) is 19.0 Å². The smallest absolute Gasteiger partial charge is 0.122 e. The van der Waals surface area contributed by atoms with E-state index in [-0.39, 0.29) is 0 Å². The van der Waals surface area contributed by atoms with Gasteiger partial charge in [-0.15, -0.1) is 0 Å². The Hall–Kier alpha value is -0.870. The van der Waals surface area contributed by atoms with Crippen LogP contribution in [-0.2, 0) is 13.6 Å². The van der Waals surface area contributed by atoms with Crippen LogP contribution in [0.1, 0.15) is 12.2 Å². The van der Waals surface area contributed by atoms with Gasteiger partial charge in [-0.3, -0.25) is 0 Å². The Bertz CT molecular complexity index is 262. The average Bonchev–Trinajstić information content (AvgIpc) is 2.72. The Balaban J connectivity index is 1.82. The third-order valence-corrected chi connectivity index (χ3v) is 2.53. The van der Waals surface area contributed by atoms with Gasteiger partial charge in [0, 0.05) is 32.0 Å². The molecule has 0 aromatic carbocycles. The first kappa shape index (κ1) is 8.72. The van der Waals surface area contributed by atoms with Gasteiger partial charge in [-0.05, 0) is 13.0 Å². The lowest BCUT2D eigenvalue weighted by atomic mass is 10.2. The molecule has 0 spiro atoms. The molecule has 2 rings (SSSR count). The SMILES string of the molecule is Cn1ccnc1CNC1CCNC1. The molecule has 0 amide bonds. The van der Waals surface area contributed by atoms with Crippen LogP contribution in [0.15, 0.2) is 12.4 Å². The van der Waals surface area contributed by atoms with Crippen LogP contribution in [0.2, 0.25) is 0 Å². The van der Waals surface area contributed by atoms with Crippen LogP contribution in [-0.4, -0.2) is 28.7 Å². The second kappa shape index (κ2) is 3.89. The molecular weight excluding hydrogens is 164 g/mol. The standard InChI is InChI=1S/C9H16N4/c1-13-5-4-11-9(13)7-12-8-2-3-10-6-8/h4-5,8,10,12H,2-3,6-7H2,1H3. The first-order valence-corrected chi connectivity index (χ1v) is 4.76. The van der Waals surface area contributed by atoms with Crippen LogP contribution in [0.3, 0.4) is 0 Å². The van der Waals surface area contributed by atoms with Gasteiger partial charge in [0.25, 0.3) is 0 Å². The topological polar surface area (TPSA) is 41.9 Å². The Labute approximate surface area is 78.4 Å². The summed E-state index contributed by atoms with van der Waals surface area (Å²) in [6.07, 6.45) is 5.04. The van der Waals surface area contributed by atoms with Gasteiger partial charge < -0.3 is 15.2 Å². The highest BCUT2D eigenvalue weighted by molar-refractivity contribution is 4.91. The maximum absolute atomic E-state index is 4.26. The molecule has 2 N–H and O–H groups in total. The monoisotopic (exact) mass is 180 g/mol. The van der Waals surface area contributed by atoms with Gasteiger partial charge in [0.1, 0.15) is 5.82 Å². The largest absolute Gasteiger partial charge is 0.337 e. The Morgan fingerprint density at radius 1 is 1.77 bits per heavy atom. The summed E-state index contributed by atoms with van der Waals surface area (Å²) in [6.45, 7) is 3.10. The summed E-state index contributed by atoms with van der Waals surface area (Å²) in [4.78, 5) is 4.26. The van der Waals surface area contributed by atoms with E-state index in [1.165, 1.54) is 6.42 Å². The van der Waals surface area contributed by atoms with Crippen LogP contribution in [0, 0.1) is 0 Å². The van der Waals surface area contributed by atoms with E-state index in [0.29, 0.717) is 6.04 Å². The number of nitrogens with one attached hydrogen (secondary N) is 2. The lowest BCUT2D eigenvalue weighted by Gasteiger charge is -2.10. The third kappa shape index (κ3) is 2.08. The number of nitrogens with zero attached hydrogens (tertiary/aromatic N) is 2.